The quantitative estimate of drug-likeness (QED) is 0.799. The number of benzene rings is 2. The van der Waals surface area contributed by atoms with Crippen LogP contribution < -0.4 is 4.74 Å². The van der Waals surface area contributed by atoms with E-state index in [4.69, 9.17) is 27.9 Å². The molecule has 1 unspecified atom stereocenters. The molecule has 2 aromatic rings. The Balaban J connectivity index is 1.70. The zero-order valence-corrected chi connectivity index (χ0v) is 14.6. The van der Waals surface area contributed by atoms with Crippen molar-refractivity contribution in [3.8, 4) is 5.75 Å². The third-order valence-electron chi connectivity index (χ3n) is 4.04. The summed E-state index contributed by atoms with van der Waals surface area (Å²) in [6, 6.07) is 9.56. The number of amides is 1. The van der Waals surface area contributed by atoms with Crippen molar-refractivity contribution >= 4 is 29.1 Å². The van der Waals surface area contributed by atoms with Crippen LogP contribution >= 0.6 is 23.2 Å². The Hall–Kier alpha value is -1.78. The SMILES string of the molecule is CC(Oc1ccc(Cl)cc1Cl)C(=O)N1CCc2ccc(F)cc2C1. The lowest BCUT2D eigenvalue weighted by Gasteiger charge is -2.31. The van der Waals surface area contributed by atoms with Crippen LogP contribution in [0.5, 0.6) is 5.75 Å². The molecule has 1 amide bonds. The van der Waals surface area contributed by atoms with Crippen molar-refractivity contribution in [2.75, 3.05) is 6.54 Å². The molecule has 0 saturated carbocycles. The maximum atomic E-state index is 13.4. The monoisotopic (exact) mass is 367 g/mol. The fourth-order valence-corrected chi connectivity index (χ4v) is 3.24. The molecule has 0 N–H and O–H groups in total. The Kier molecular flexibility index (Phi) is 4.97. The molecule has 3 nitrogen and oxygen atoms in total. The molecule has 0 aliphatic carbocycles. The van der Waals surface area contributed by atoms with E-state index < -0.39 is 6.10 Å². The molecule has 1 heterocycles. The summed E-state index contributed by atoms with van der Waals surface area (Å²) in [6.07, 6.45) is 0.00857. The molecule has 0 bridgehead atoms. The van der Waals surface area contributed by atoms with E-state index in [2.05, 4.69) is 0 Å². The minimum absolute atomic E-state index is 0.157. The molecule has 1 aliphatic rings. The summed E-state index contributed by atoms with van der Waals surface area (Å²) in [5.41, 5.74) is 1.92. The molecule has 0 saturated heterocycles. The Morgan fingerprint density at radius 3 is 2.75 bits per heavy atom. The van der Waals surface area contributed by atoms with Gasteiger partial charge in [-0.3, -0.25) is 4.79 Å². The average Bonchev–Trinajstić information content (AvgIpc) is 2.56. The van der Waals surface area contributed by atoms with E-state index in [9.17, 15) is 9.18 Å². The first kappa shape index (κ1) is 17.1. The predicted octanol–water partition coefficient (Wildman–Crippen LogP) is 4.48. The lowest BCUT2D eigenvalue weighted by Crippen LogP contribution is -2.43. The number of rotatable bonds is 3. The normalized spacial score (nSPS) is 14.9. The van der Waals surface area contributed by atoms with Crippen LogP contribution in [0, 0.1) is 5.82 Å². The van der Waals surface area contributed by atoms with Gasteiger partial charge in [0.1, 0.15) is 11.6 Å². The Morgan fingerprint density at radius 2 is 2.00 bits per heavy atom. The number of nitrogens with zero attached hydrogens (tertiary/aromatic N) is 1. The second-order valence-electron chi connectivity index (χ2n) is 5.76. The highest BCUT2D eigenvalue weighted by molar-refractivity contribution is 6.35. The van der Waals surface area contributed by atoms with Crippen LogP contribution in [0.2, 0.25) is 10.0 Å². The van der Waals surface area contributed by atoms with Crippen molar-refractivity contribution in [2.24, 2.45) is 0 Å². The van der Waals surface area contributed by atoms with Crippen LogP contribution in [0.25, 0.3) is 0 Å². The number of hydrogen-bond acceptors (Lipinski definition) is 2. The smallest absolute Gasteiger partial charge is 0.263 e. The topological polar surface area (TPSA) is 29.5 Å². The van der Waals surface area contributed by atoms with Crippen LogP contribution in [0.1, 0.15) is 18.1 Å². The Bertz CT molecular complexity index is 782. The molecular formula is C18H16Cl2FNO2. The summed E-state index contributed by atoms with van der Waals surface area (Å²) in [5, 5.41) is 0.856. The molecule has 3 rings (SSSR count). The highest BCUT2D eigenvalue weighted by Gasteiger charge is 2.26. The summed E-state index contributed by atoms with van der Waals surface area (Å²) >= 11 is 11.9. The highest BCUT2D eigenvalue weighted by atomic mass is 35.5. The summed E-state index contributed by atoms with van der Waals surface area (Å²) in [5.74, 6) is -0.0402. The second kappa shape index (κ2) is 6.99. The molecule has 1 aliphatic heterocycles. The van der Waals surface area contributed by atoms with Crippen molar-refractivity contribution in [1.29, 1.82) is 0 Å². The minimum atomic E-state index is -0.696. The molecule has 126 valence electrons. The van der Waals surface area contributed by atoms with Crippen molar-refractivity contribution in [2.45, 2.75) is 26.0 Å². The number of carbonyl (C=O) groups excluding carboxylic acids is 1. The Labute approximate surface area is 149 Å². The predicted molar refractivity (Wildman–Crippen MR) is 92.1 cm³/mol. The molecule has 24 heavy (non-hydrogen) atoms. The zero-order chi connectivity index (χ0) is 17.3. The van der Waals surface area contributed by atoms with E-state index >= 15 is 0 Å². The van der Waals surface area contributed by atoms with Crippen molar-refractivity contribution < 1.29 is 13.9 Å². The van der Waals surface area contributed by atoms with Crippen LogP contribution in [-0.4, -0.2) is 23.5 Å². The number of fused-ring (bicyclic) bond motifs is 1. The van der Waals surface area contributed by atoms with Crippen LogP contribution in [0.3, 0.4) is 0 Å². The van der Waals surface area contributed by atoms with E-state index in [1.54, 1.807) is 36.1 Å². The molecule has 0 radical (unpaired) electrons. The highest BCUT2D eigenvalue weighted by Crippen LogP contribution is 2.29. The maximum absolute atomic E-state index is 13.4. The van der Waals surface area contributed by atoms with Crippen molar-refractivity contribution in [3.63, 3.8) is 0 Å². The van der Waals surface area contributed by atoms with Gasteiger partial charge in [-0.05, 0) is 54.8 Å². The summed E-state index contributed by atoms with van der Waals surface area (Å²) < 4.78 is 19.1. The Morgan fingerprint density at radius 1 is 1.21 bits per heavy atom. The minimum Gasteiger partial charge on any atom is -0.479 e. The standard InChI is InChI=1S/C18H16Cl2FNO2/c1-11(24-17-5-3-14(19)9-16(17)20)18(23)22-7-6-12-2-4-15(21)8-13(12)10-22/h2-5,8-9,11H,6-7,10H2,1H3. The zero-order valence-electron chi connectivity index (χ0n) is 13.1. The van der Waals surface area contributed by atoms with Gasteiger partial charge >= 0.3 is 0 Å². The van der Waals surface area contributed by atoms with Gasteiger partial charge in [-0.25, -0.2) is 4.39 Å². The fourth-order valence-electron chi connectivity index (χ4n) is 2.78. The molecule has 1 atom stereocenters. The van der Waals surface area contributed by atoms with Crippen LogP contribution in [0.15, 0.2) is 36.4 Å². The van der Waals surface area contributed by atoms with Gasteiger partial charge in [-0.2, -0.15) is 0 Å². The first-order chi connectivity index (χ1) is 11.4. The van der Waals surface area contributed by atoms with Crippen molar-refractivity contribution in [3.05, 3.63) is 63.4 Å². The van der Waals surface area contributed by atoms with E-state index in [0.29, 0.717) is 35.3 Å². The van der Waals surface area contributed by atoms with E-state index in [1.807, 2.05) is 0 Å². The first-order valence-electron chi connectivity index (χ1n) is 7.62. The summed E-state index contributed by atoms with van der Waals surface area (Å²) in [7, 11) is 0. The number of ether oxygens (including phenoxy) is 1. The van der Waals surface area contributed by atoms with Gasteiger partial charge in [0.05, 0.1) is 5.02 Å². The molecule has 0 fully saturated rings. The van der Waals surface area contributed by atoms with Gasteiger partial charge in [0.25, 0.3) is 5.91 Å². The molecular weight excluding hydrogens is 352 g/mol. The lowest BCUT2D eigenvalue weighted by atomic mass is 9.99. The van der Waals surface area contributed by atoms with Crippen LogP contribution in [0.4, 0.5) is 4.39 Å². The third kappa shape index (κ3) is 3.65. The maximum Gasteiger partial charge on any atom is 0.263 e. The first-order valence-corrected chi connectivity index (χ1v) is 8.37. The van der Waals surface area contributed by atoms with Crippen molar-refractivity contribution in [1.82, 2.24) is 4.90 Å². The second-order valence-corrected chi connectivity index (χ2v) is 6.60. The number of carbonyl (C=O) groups is 1. The van der Waals surface area contributed by atoms with Gasteiger partial charge in [-0.1, -0.05) is 29.3 Å². The third-order valence-corrected chi connectivity index (χ3v) is 4.57. The van der Waals surface area contributed by atoms with Gasteiger partial charge < -0.3 is 9.64 Å². The van der Waals surface area contributed by atoms with Gasteiger partial charge in [0, 0.05) is 18.1 Å². The molecule has 6 heteroatoms. The van der Waals surface area contributed by atoms with E-state index in [0.717, 1.165) is 11.1 Å². The fraction of sp³-hybridized carbons (Fsp3) is 0.278. The van der Waals surface area contributed by atoms with Gasteiger partial charge in [-0.15, -0.1) is 0 Å². The van der Waals surface area contributed by atoms with E-state index in [1.165, 1.54) is 12.1 Å². The van der Waals surface area contributed by atoms with Gasteiger partial charge in [0.2, 0.25) is 0 Å². The van der Waals surface area contributed by atoms with Crippen LogP contribution in [-0.2, 0) is 17.8 Å². The number of hydrogen-bond donors (Lipinski definition) is 0. The lowest BCUT2D eigenvalue weighted by molar-refractivity contribution is -0.138. The number of halogens is 3. The largest absolute Gasteiger partial charge is 0.479 e. The summed E-state index contributed by atoms with van der Waals surface area (Å²) in [6.45, 7) is 2.64. The van der Waals surface area contributed by atoms with Gasteiger partial charge in [0.15, 0.2) is 6.10 Å². The summed E-state index contributed by atoms with van der Waals surface area (Å²) in [4.78, 5) is 14.3. The molecule has 0 spiro atoms. The van der Waals surface area contributed by atoms with E-state index in [-0.39, 0.29) is 11.7 Å². The molecule has 0 aromatic heterocycles. The molecule has 2 aromatic carbocycles. The average molecular weight is 368 g/mol.